The van der Waals surface area contributed by atoms with Crippen molar-refractivity contribution in [1.82, 2.24) is 20.0 Å². The van der Waals surface area contributed by atoms with Crippen LogP contribution in [0.25, 0.3) is 10.8 Å². The smallest absolute Gasteiger partial charge is 0.272 e. The summed E-state index contributed by atoms with van der Waals surface area (Å²) >= 11 is 0. The summed E-state index contributed by atoms with van der Waals surface area (Å²) in [5.41, 5.74) is 3.97. The maximum atomic E-state index is 12.6. The average molecular weight is 398 g/mol. The Labute approximate surface area is 161 Å². The highest BCUT2D eigenvalue weighted by atomic mass is 32.2. The molecule has 1 aliphatic rings. The molecule has 2 aromatic carbocycles. The SMILES string of the molecule is Cn1nc(C(=O)NNS(=O)(=O)c2ccc3c(c2)CCC3)c2ccccc2c1=O. The zero-order valence-electron chi connectivity index (χ0n) is 15.1. The molecule has 3 aromatic rings. The van der Waals surface area contributed by atoms with Crippen LogP contribution in [0.5, 0.6) is 0 Å². The largest absolute Gasteiger partial charge is 0.287 e. The lowest BCUT2D eigenvalue weighted by Crippen LogP contribution is -2.42. The van der Waals surface area contributed by atoms with Crippen molar-refractivity contribution < 1.29 is 13.2 Å². The number of aromatic nitrogens is 2. The third-order valence-electron chi connectivity index (χ3n) is 4.85. The highest BCUT2D eigenvalue weighted by molar-refractivity contribution is 7.89. The lowest BCUT2D eigenvalue weighted by Gasteiger charge is -2.11. The second-order valence-corrected chi connectivity index (χ2v) is 8.35. The molecule has 0 saturated carbocycles. The van der Waals surface area contributed by atoms with Crippen molar-refractivity contribution in [1.29, 1.82) is 0 Å². The molecule has 1 heterocycles. The highest BCUT2D eigenvalue weighted by Crippen LogP contribution is 2.24. The number of amides is 1. The first kappa shape index (κ1) is 18.3. The van der Waals surface area contributed by atoms with Crippen LogP contribution in [0, 0.1) is 0 Å². The van der Waals surface area contributed by atoms with Crippen LogP contribution in [-0.2, 0) is 29.9 Å². The molecule has 0 unspecified atom stereocenters. The summed E-state index contributed by atoms with van der Waals surface area (Å²) < 4.78 is 26.1. The monoisotopic (exact) mass is 398 g/mol. The Balaban J connectivity index is 1.60. The van der Waals surface area contributed by atoms with Crippen LogP contribution in [0.3, 0.4) is 0 Å². The zero-order chi connectivity index (χ0) is 19.9. The van der Waals surface area contributed by atoms with Crippen molar-refractivity contribution in [2.45, 2.75) is 24.2 Å². The van der Waals surface area contributed by atoms with E-state index < -0.39 is 15.9 Å². The van der Waals surface area contributed by atoms with Gasteiger partial charge in [0.1, 0.15) is 0 Å². The summed E-state index contributed by atoms with van der Waals surface area (Å²) in [4.78, 5) is 26.9. The van der Waals surface area contributed by atoms with E-state index in [1.165, 1.54) is 13.1 Å². The quantitative estimate of drug-likeness (QED) is 0.638. The standard InChI is InChI=1S/C19H18N4O4S/c1-23-19(25)16-8-3-2-7-15(16)17(21-23)18(24)20-22-28(26,27)14-10-9-12-5-4-6-13(12)11-14/h2-3,7-11,22H,4-6H2,1H3,(H,20,24). The Morgan fingerprint density at radius 1 is 1.07 bits per heavy atom. The first-order valence-corrected chi connectivity index (χ1v) is 10.2. The predicted octanol–water partition coefficient (Wildman–Crippen LogP) is 1.05. The molecule has 4 rings (SSSR count). The molecule has 0 fully saturated rings. The van der Waals surface area contributed by atoms with Gasteiger partial charge in [0.05, 0.1) is 10.3 Å². The van der Waals surface area contributed by atoms with Gasteiger partial charge in [-0.25, -0.2) is 13.1 Å². The van der Waals surface area contributed by atoms with Gasteiger partial charge in [0.25, 0.3) is 21.5 Å². The summed E-state index contributed by atoms with van der Waals surface area (Å²) in [6.07, 6.45) is 2.80. The van der Waals surface area contributed by atoms with Gasteiger partial charge in [-0.15, -0.1) is 4.83 Å². The van der Waals surface area contributed by atoms with Crippen LogP contribution >= 0.6 is 0 Å². The van der Waals surface area contributed by atoms with Crippen LogP contribution < -0.4 is 15.8 Å². The molecule has 2 N–H and O–H groups in total. The van der Waals surface area contributed by atoms with E-state index in [4.69, 9.17) is 0 Å². The van der Waals surface area contributed by atoms with Crippen LogP contribution in [-0.4, -0.2) is 24.1 Å². The lowest BCUT2D eigenvalue weighted by atomic mass is 10.1. The van der Waals surface area contributed by atoms with Gasteiger partial charge in [0.2, 0.25) is 0 Å². The van der Waals surface area contributed by atoms with Crippen molar-refractivity contribution in [3.63, 3.8) is 0 Å². The molecule has 1 amide bonds. The van der Waals surface area contributed by atoms with Gasteiger partial charge in [-0.2, -0.15) is 5.10 Å². The number of rotatable bonds is 4. The van der Waals surface area contributed by atoms with Crippen LogP contribution in [0.15, 0.2) is 52.2 Å². The van der Waals surface area contributed by atoms with E-state index in [0.29, 0.717) is 10.8 Å². The molecule has 1 aromatic heterocycles. The number of hydrogen-bond donors (Lipinski definition) is 2. The second-order valence-electron chi connectivity index (χ2n) is 6.67. The van der Waals surface area contributed by atoms with Gasteiger partial charge < -0.3 is 0 Å². The van der Waals surface area contributed by atoms with E-state index in [9.17, 15) is 18.0 Å². The van der Waals surface area contributed by atoms with Gasteiger partial charge >= 0.3 is 0 Å². The van der Waals surface area contributed by atoms with E-state index in [-0.39, 0.29) is 16.1 Å². The molecule has 144 valence electrons. The molecule has 0 bridgehead atoms. The maximum Gasteiger partial charge on any atom is 0.287 e. The van der Waals surface area contributed by atoms with E-state index in [1.807, 2.05) is 0 Å². The molecule has 28 heavy (non-hydrogen) atoms. The van der Waals surface area contributed by atoms with Crippen LogP contribution in [0.4, 0.5) is 0 Å². The summed E-state index contributed by atoms with van der Waals surface area (Å²) in [5.74, 6) is -0.753. The third-order valence-corrected chi connectivity index (χ3v) is 6.10. The first-order valence-electron chi connectivity index (χ1n) is 8.77. The number of hydrogen-bond acceptors (Lipinski definition) is 5. The van der Waals surface area contributed by atoms with Gasteiger partial charge in [0.15, 0.2) is 5.69 Å². The van der Waals surface area contributed by atoms with Crippen molar-refractivity contribution in [2.75, 3.05) is 0 Å². The second kappa shape index (κ2) is 6.84. The van der Waals surface area contributed by atoms with Crippen LogP contribution in [0.2, 0.25) is 0 Å². The average Bonchev–Trinajstić information content (AvgIpc) is 3.17. The van der Waals surface area contributed by atoms with E-state index >= 15 is 0 Å². The Bertz CT molecular complexity index is 1260. The Hall–Kier alpha value is -3.04. The molecule has 0 aliphatic heterocycles. The molecule has 9 heteroatoms. The summed E-state index contributed by atoms with van der Waals surface area (Å²) in [6.45, 7) is 0. The van der Waals surface area contributed by atoms with Gasteiger partial charge in [-0.3, -0.25) is 15.0 Å². The van der Waals surface area contributed by atoms with E-state index in [0.717, 1.165) is 35.1 Å². The highest BCUT2D eigenvalue weighted by Gasteiger charge is 2.21. The molecular formula is C19H18N4O4S. The number of hydrazine groups is 1. The number of sulfonamides is 1. The fourth-order valence-corrected chi connectivity index (χ4v) is 4.30. The number of benzene rings is 2. The first-order chi connectivity index (χ1) is 13.4. The molecule has 1 aliphatic carbocycles. The van der Waals surface area contributed by atoms with Gasteiger partial charge in [-0.05, 0) is 48.6 Å². The number of aryl methyl sites for hydroxylation is 3. The molecule has 8 nitrogen and oxygen atoms in total. The normalized spacial score (nSPS) is 13.5. The Kier molecular flexibility index (Phi) is 4.48. The molecular weight excluding hydrogens is 380 g/mol. The number of nitrogens with zero attached hydrogens (tertiary/aromatic N) is 2. The van der Waals surface area contributed by atoms with E-state index in [2.05, 4.69) is 15.4 Å². The van der Waals surface area contributed by atoms with Gasteiger partial charge in [0, 0.05) is 12.4 Å². The molecule has 0 saturated heterocycles. The van der Waals surface area contributed by atoms with Crippen molar-refractivity contribution in [2.24, 2.45) is 7.05 Å². The summed E-state index contributed by atoms with van der Waals surface area (Å²) in [6, 6.07) is 11.5. The number of nitrogens with one attached hydrogen (secondary N) is 2. The Morgan fingerprint density at radius 2 is 1.79 bits per heavy atom. The lowest BCUT2D eigenvalue weighted by molar-refractivity contribution is 0.0940. The molecule has 0 spiro atoms. The minimum Gasteiger partial charge on any atom is -0.272 e. The fourth-order valence-electron chi connectivity index (χ4n) is 3.41. The van der Waals surface area contributed by atoms with Crippen molar-refractivity contribution >= 4 is 26.7 Å². The van der Waals surface area contributed by atoms with Crippen molar-refractivity contribution in [3.05, 3.63) is 69.6 Å². The number of fused-ring (bicyclic) bond motifs is 2. The number of carbonyl (C=O) groups is 1. The van der Waals surface area contributed by atoms with Gasteiger partial charge in [-0.1, -0.05) is 24.3 Å². The molecule has 0 radical (unpaired) electrons. The minimum atomic E-state index is -3.93. The summed E-state index contributed by atoms with van der Waals surface area (Å²) in [7, 11) is -2.50. The maximum absolute atomic E-state index is 12.6. The summed E-state index contributed by atoms with van der Waals surface area (Å²) in [5, 5.41) is 4.65. The molecule has 0 atom stereocenters. The van der Waals surface area contributed by atoms with Crippen molar-refractivity contribution in [3.8, 4) is 0 Å². The zero-order valence-corrected chi connectivity index (χ0v) is 15.9. The topological polar surface area (TPSA) is 110 Å². The fraction of sp³-hybridized carbons (Fsp3) is 0.211. The third kappa shape index (κ3) is 3.19. The number of carbonyl (C=O) groups excluding carboxylic acids is 1. The van der Waals surface area contributed by atoms with E-state index in [1.54, 1.807) is 36.4 Å². The minimum absolute atomic E-state index is 0.0469. The Morgan fingerprint density at radius 3 is 2.57 bits per heavy atom. The van der Waals surface area contributed by atoms with Crippen LogP contribution in [0.1, 0.15) is 28.0 Å². The predicted molar refractivity (Wildman–Crippen MR) is 103 cm³/mol.